The van der Waals surface area contributed by atoms with Crippen molar-refractivity contribution in [3.63, 3.8) is 0 Å². The Morgan fingerprint density at radius 1 is 1.63 bits per heavy atom. The summed E-state index contributed by atoms with van der Waals surface area (Å²) in [5.74, 6) is -1.18. The molecule has 8 heteroatoms. The van der Waals surface area contributed by atoms with Gasteiger partial charge in [0.2, 0.25) is 5.91 Å². The lowest BCUT2D eigenvalue weighted by Crippen LogP contribution is -2.35. The quantitative estimate of drug-likeness (QED) is 0.347. The summed E-state index contributed by atoms with van der Waals surface area (Å²) in [6, 6.07) is 3.50. The lowest BCUT2D eigenvalue weighted by Gasteiger charge is -2.16. The molecule has 0 heterocycles. The summed E-state index contributed by atoms with van der Waals surface area (Å²) in [5, 5.41) is 6.20. The molecule has 19 heavy (non-hydrogen) atoms. The van der Waals surface area contributed by atoms with E-state index in [-0.39, 0.29) is 5.56 Å². The highest BCUT2D eigenvalue weighted by molar-refractivity contribution is 9.10. The van der Waals surface area contributed by atoms with E-state index in [0.29, 0.717) is 24.0 Å². The predicted octanol–water partition coefficient (Wildman–Crippen LogP) is 2.40. The molecular weight excluding hydrogens is 317 g/mol. The molecule has 3 N–H and O–H groups in total. The Kier molecular flexibility index (Phi) is 6.27. The van der Waals surface area contributed by atoms with Gasteiger partial charge in [-0.3, -0.25) is 4.79 Å². The Labute approximate surface area is 117 Å². The van der Waals surface area contributed by atoms with Crippen molar-refractivity contribution in [2.24, 2.45) is 10.8 Å². The van der Waals surface area contributed by atoms with Crippen molar-refractivity contribution in [1.82, 2.24) is 5.32 Å². The fourth-order valence-corrected chi connectivity index (χ4v) is 1.87. The number of benzene rings is 1. The Morgan fingerprint density at radius 2 is 2.37 bits per heavy atom. The number of carbonyl (C=O) groups is 1. The highest BCUT2D eigenvalue weighted by atomic mass is 79.9. The van der Waals surface area contributed by atoms with Crippen LogP contribution in [-0.4, -0.2) is 19.0 Å². The molecule has 0 saturated heterocycles. The summed E-state index contributed by atoms with van der Waals surface area (Å²) < 4.78 is 14.3. The van der Waals surface area contributed by atoms with Gasteiger partial charge in [0, 0.05) is 21.5 Å². The van der Waals surface area contributed by atoms with E-state index in [9.17, 15) is 9.18 Å². The van der Waals surface area contributed by atoms with Gasteiger partial charge in [-0.1, -0.05) is 27.1 Å². The summed E-state index contributed by atoms with van der Waals surface area (Å²) >= 11 is 3.14. The van der Waals surface area contributed by atoms with Crippen LogP contribution in [0.3, 0.4) is 0 Å². The van der Waals surface area contributed by atoms with E-state index in [2.05, 4.69) is 31.3 Å². The second-order valence-electron chi connectivity index (χ2n) is 3.76. The second kappa shape index (κ2) is 7.73. The number of nitrogens with zero attached hydrogens (tertiary/aromatic N) is 3. The Morgan fingerprint density at radius 3 is 2.95 bits per heavy atom. The molecule has 0 aromatic heterocycles. The molecule has 1 aromatic carbocycles. The predicted molar refractivity (Wildman–Crippen MR) is 72.7 cm³/mol. The lowest BCUT2D eigenvalue weighted by molar-refractivity contribution is -0.120. The normalized spacial score (nSPS) is 11.7. The van der Waals surface area contributed by atoms with Gasteiger partial charge in [-0.2, -0.15) is 0 Å². The minimum Gasteiger partial charge on any atom is -0.368 e. The minimum atomic E-state index is -0.904. The Bertz CT molecular complexity index is 504. The number of rotatable bonds is 7. The van der Waals surface area contributed by atoms with Crippen molar-refractivity contribution in [3.05, 3.63) is 44.5 Å². The van der Waals surface area contributed by atoms with Gasteiger partial charge in [0.1, 0.15) is 11.9 Å². The van der Waals surface area contributed by atoms with Crippen LogP contribution in [-0.2, 0) is 4.79 Å². The number of carbonyl (C=O) groups excluding carboxylic acids is 1. The van der Waals surface area contributed by atoms with Crippen LogP contribution in [0.15, 0.2) is 27.8 Å². The molecule has 6 nitrogen and oxygen atoms in total. The fraction of sp³-hybridized carbons (Fsp3) is 0.364. The molecule has 0 saturated carbocycles. The van der Waals surface area contributed by atoms with E-state index < -0.39 is 17.8 Å². The standard InChI is InChI=1S/C11H13BrFN5O/c12-7-2-3-8(9(13)6-7)10(11(14)19)16-4-1-5-17-18-15/h2-3,6,10,16H,1,4-5H2,(H2,14,19). The van der Waals surface area contributed by atoms with Crippen molar-refractivity contribution < 1.29 is 9.18 Å². The number of primary amides is 1. The van der Waals surface area contributed by atoms with Crippen molar-refractivity contribution in [2.45, 2.75) is 12.5 Å². The zero-order valence-electron chi connectivity index (χ0n) is 10.0. The number of hydrogen-bond acceptors (Lipinski definition) is 3. The fourth-order valence-electron chi connectivity index (χ4n) is 1.54. The van der Waals surface area contributed by atoms with E-state index >= 15 is 0 Å². The van der Waals surface area contributed by atoms with E-state index in [1.54, 1.807) is 6.07 Å². The van der Waals surface area contributed by atoms with Crippen LogP contribution < -0.4 is 11.1 Å². The van der Waals surface area contributed by atoms with Gasteiger partial charge in [-0.05, 0) is 30.6 Å². The summed E-state index contributed by atoms with van der Waals surface area (Å²) in [5.41, 5.74) is 13.6. The molecule has 1 rings (SSSR count). The number of hydrogen-bond donors (Lipinski definition) is 2. The molecule has 1 amide bonds. The molecular formula is C11H13BrFN5O. The molecule has 0 aliphatic heterocycles. The largest absolute Gasteiger partial charge is 0.368 e. The summed E-state index contributed by atoms with van der Waals surface area (Å²) in [6.07, 6.45) is 0.534. The molecule has 0 radical (unpaired) electrons. The number of nitrogens with one attached hydrogen (secondary N) is 1. The van der Waals surface area contributed by atoms with E-state index in [1.165, 1.54) is 12.1 Å². The van der Waals surface area contributed by atoms with Crippen molar-refractivity contribution in [1.29, 1.82) is 0 Å². The average molecular weight is 330 g/mol. The molecule has 0 spiro atoms. The summed E-state index contributed by atoms with van der Waals surface area (Å²) in [7, 11) is 0. The van der Waals surface area contributed by atoms with Gasteiger partial charge >= 0.3 is 0 Å². The van der Waals surface area contributed by atoms with Crippen molar-refractivity contribution in [3.8, 4) is 0 Å². The van der Waals surface area contributed by atoms with Crippen molar-refractivity contribution >= 4 is 21.8 Å². The Balaban J connectivity index is 2.71. The molecule has 1 unspecified atom stereocenters. The second-order valence-corrected chi connectivity index (χ2v) is 4.68. The first-order valence-electron chi connectivity index (χ1n) is 5.54. The summed E-state index contributed by atoms with van der Waals surface area (Å²) in [6.45, 7) is 0.694. The van der Waals surface area contributed by atoms with Crippen LogP contribution in [0.4, 0.5) is 4.39 Å². The SMILES string of the molecule is [N-]=[N+]=NCCCNC(C(N)=O)c1ccc(Br)cc1F. The molecule has 0 aliphatic carbocycles. The molecule has 0 aliphatic rings. The van der Waals surface area contributed by atoms with E-state index in [1.807, 2.05) is 0 Å². The van der Waals surface area contributed by atoms with Crippen LogP contribution in [0.1, 0.15) is 18.0 Å². The zero-order chi connectivity index (χ0) is 14.3. The first-order chi connectivity index (χ1) is 9.06. The smallest absolute Gasteiger partial charge is 0.239 e. The maximum atomic E-state index is 13.7. The number of azide groups is 1. The van der Waals surface area contributed by atoms with Crippen LogP contribution >= 0.6 is 15.9 Å². The molecule has 102 valence electrons. The van der Waals surface area contributed by atoms with Crippen molar-refractivity contribution in [2.75, 3.05) is 13.1 Å². The third kappa shape index (κ3) is 4.86. The third-order valence-electron chi connectivity index (χ3n) is 2.40. The third-order valence-corrected chi connectivity index (χ3v) is 2.90. The van der Waals surface area contributed by atoms with Gasteiger partial charge in [-0.15, -0.1) is 0 Å². The maximum Gasteiger partial charge on any atom is 0.239 e. The highest BCUT2D eigenvalue weighted by Gasteiger charge is 2.20. The van der Waals surface area contributed by atoms with Crippen LogP contribution in [0.2, 0.25) is 0 Å². The maximum absolute atomic E-state index is 13.7. The van der Waals surface area contributed by atoms with Gasteiger partial charge in [-0.25, -0.2) is 4.39 Å². The van der Waals surface area contributed by atoms with E-state index in [0.717, 1.165) is 0 Å². The highest BCUT2D eigenvalue weighted by Crippen LogP contribution is 2.21. The first-order valence-corrected chi connectivity index (χ1v) is 6.34. The summed E-state index contributed by atoms with van der Waals surface area (Å²) in [4.78, 5) is 14.0. The topological polar surface area (TPSA) is 104 Å². The lowest BCUT2D eigenvalue weighted by atomic mass is 10.1. The number of halogens is 2. The van der Waals surface area contributed by atoms with Crippen LogP contribution in [0, 0.1) is 5.82 Å². The monoisotopic (exact) mass is 329 g/mol. The van der Waals surface area contributed by atoms with E-state index in [4.69, 9.17) is 11.3 Å². The molecule has 0 bridgehead atoms. The molecule has 1 aromatic rings. The number of amides is 1. The van der Waals surface area contributed by atoms with Crippen LogP contribution in [0.25, 0.3) is 10.4 Å². The number of nitrogens with two attached hydrogens (primary N) is 1. The minimum absolute atomic E-state index is 0.194. The first kappa shape index (κ1) is 15.4. The zero-order valence-corrected chi connectivity index (χ0v) is 11.6. The molecule has 1 atom stereocenters. The Hall–Kier alpha value is -1.63. The van der Waals surface area contributed by atoms with Gasteiger partial charge in [0.25, 0.3) is 0 Å². The van der Waals surface area contributed by atoms with Gasteiger partial charge in [0.15, 0.2) is 0 Å². The molecule has 0 fully saturated rings. The van der Waals surface area contributed by atoms with Crippen LogP contribution in [0.5, 0.6) is 0 Å². The van der Waals surface area contributed by atoms with Gasteiger partial charge < -0.3 is 11.1 Å². The average Bonchev–Trinajstić information content (AvgIpc) is 2.35. The van der Waals surface area contributed by atoms with Gasteiger partial charge in [0.05, 0.1) is 0 Å².